The summed E-state index contributed by atoms with van der Waals surface area (Å²) in [6.07, 6.45) is 14.5. The first-order valence-corrected chi connectivity index (χ1v) is 15.1. The van der Waals surface area contributed by atoms with Crippen molar-refractivity contribution in [1.29, 1.82) is 0 Å². The molecule has 0 fully saturated rings. The van der Waals surface area contributed by atoms with Crippen molar-refractivity contribution in [3.63, 3.8) is 0 Å². The van der Waals surface area contributed by atoms with Gasteiger partial charge in [-0.1, -0.05) is 104 Å². The van der Waals surface area contributed by atoms with E-state index in [9.17, 15) is 0 Å². The lowest BCUT2D eigenvalue weighted by molar-refractivity contribution is 0.529. The van der Waals surface area contributed by atoms with Gasteiger partial charge in [-0.05, 0) is 65.3 Å². The number of nitrogens with zero attached hydrogens (tertiary/aromatic N) is 3. The third kappa shape index (κ3) is 4.40. The van der Waals surface area contributed by atoms with Gasteiger partial charge in [-0.2, -0.15) is 0 Å². The van der Waals surface area contributed by atoms with E-state index in [1.807, 2.05) is 0 Å². The molecular weight excluding hydrogens is 522 g/mol. The topological polar surface area (TPSA) is 21.1 Å². The molecule has 0 N–H and O–H groups in total. The van der Waals surface area contributed by atoms with Gasteiger partial charge >= 0.3 is 0 Å². The second-order valence-corrected chi connectivity index (χ2v) is 11.8. The number of likely N-dealkylation sites (N-methyl/N-ethyl adjacent to an activating group) is 1. The van der Waals surface area contributed by atoms with Crippen molar-refractivity contribution < 1.29 is 0 Å². The first-order chi connectivity index (χ1) is 21.1. The zero-order valence-corrected chi connectivity index (χ0v) is 24.5. The summed E-state index contributed by atoms with van der Waals surface area (Å²) in [6, 6.07) is 35.3. The predicted molar refractivity (Wildman–Crippen MR) is 183 cm³/mol. The molecule has 4 aromatic carbocycles. The molecule has 0 spiro atoms. The molecule has 3 nitrogen and oxygen atoms in total. The maximum absolute atomic E-state index is 5.09. The summed E-state index contributed by atoms with van der Waals surface area (Å²) in [4.78, 5) is 7.33. The van der Waals surface area contributed by atoms with Gasteiger partial charge < -0.3 is 9.47 Å². The van der Waals surface area contributed by atoms with E-state index in [-0.39, 0.29) is 0 Å². The van der Waals surface area contributed by atoms with Crippen LogP contribution >= 0.6 is 0 Å². The van der Waals surface area contributed by atoms with Crippen molar-refractivity contribution in [2.45, 2.75) is 13.3 Å². The molecule has 2 aliphatic rings. The number of hydrogen-bond donors (Lipinski definition) is 0. The van der Waals surface area contributed by atoms with Crippen LogP contribution in [0.2, 0.25) is 0 Å². The Hall–Kier alpha value is -5.15. The van der Waals surface area contributed by atoms with Gasteiger partial charge in [0.05, 0.1) is 28.1 Å². The highest BCUT2D eigenvalue weighted by Gasteiger charge is 2.18. The molecule has 0 bridgehead atoms. The second kappa shape index (κ2) is 10.3. The van der Waals surface area contributed by atoms with Crippen LogP contribution < -0.4 is 0 Å². The molecule has 1 atom stereocenters. The van der Waals surface area contributed by atoms with Gasteiger partial charge in [0, 0.05) is 41.0 Å². The van der Waals surface area contributed by atoms with E-state index in [4.69, 9.17) is 4.98 Å². The molecule has 1 unspecified atom stereocenters. The average Bonchev–Trinajstić information content (AvgIpc) is 3.39. The second-order valence-electron chi connectivity index (χ2n) is 11.8. The van der Waals surface area contributed by atoms with Gasteiger partial charge in [0.2, 0.25) is 0 Å². The lowest BCUT2D eigenvalue weighted by Gasteiger charge is -2.23. The number of benzene rings is 4. The molecular formula is C40H33N3. The van der Waals surface area contributed by atoms with Crippen LogP contribution in [0.1, 0.15) is 19.0 Å². The van der Waals surface area contributed by atoms with Gasteiger partial charge in [-0.25, -0.2) is 4.98 Å². The van der Waals surface area contributed by atoms with Gasteiger partial charge in [0.25, 0.3) is 0 Å². The summed E-state index contributed by atoms with van der Waals surface area (Å²) in [5.74, 6) is 0.555. The summed E-state index contributed by atoms with van der Waals surface area (Å²) in [5, 5.41) is 5.03. The summed E-state index contributed by atoms with van der Waals surface area (Å²) in [7, 11) is 2.12. The summed E-state index contributed by atoms with van der Waals surface area (Å²) >= 11 is 0. The third-order valence-corrected chi connectivity index (χ3v) is 8.89. The van der Waals surface area contributed by atoms with Gasteiger partial charge in [-0.15, -0.1) is 0 Å². The Balaban J connectivity index is 1.32. The van der Waals surface area contributed by atoms with E-state index in [0.717, 1.165) is 35.6 Å². The normalized spacial score (nSPS) is 16.7. The molecule has 0 saturated carbocycles. The van der Waals surface area contributed by atoms with Crippen LogP contribution in [-0.2, 0) is 0 Å². The molecule has 8 rings (SSSR count). The predicted octanol–water partition coefficient (Wildman–Crippen LogP) is 9.96. The minimum atomic E-state index is 0.555. The Morgan fingerprint density at radius 1 is 0.744 bits per heavy atom. The molecule has 3 heterocycles. The average molecular weight is 556 g/mol. The van der Waals surface area contributed by atoms with E-state index in [2.05, 4.69) is 157 Å². The molecule has 43 heavy (non-hydrogen) atoms. The van der Waals surface area contributed by atoms with E-state index >= 15 is 0 Å². The number of hydrogen-bond acceptors (Lipinski definition) is 2. The molecule has 3 heteroatoms. The van der Waals surface area contributed by atoms with Crippen LogP contribution in [0, 0.1) is 5.92 Å². The number of rotatable bonds is 4. The lowest BCUT2D eigenvalue weighted by atomic mass is 10.00. The SMILES string of the molecule is CC1C=CC(n2c3cc(-c4ccccc4)ccc3c3ccc4cc(-c5cccc(C6=CC=CCN6C)n5)ccc4c32)=CC1. The molecule has 0 saturated heterocycles. The van der Waals surface area contributed by atoms with Crippen LogP contribution in [0.15, 0.2) is 134 Å². The van der Waals surface area contributed by atoms with Crippen LogP contribution in [0.4, 0.5) is 0 Å². The zero-order chi connectivity index (χ0) is 28.9. The molecule has 2 aromatic heterocycles. The highest BCUT2D eigenvalue weighted by atomic mass is 15.1. The highest BCUT2D eigenvalue weighted by molar-refractivity contribution is 6.20. The van der Waals surface area contributed by atoms with Crippen molar-refractivity contribution in [3.05, 3.63) is 139 Å². The summed E-state index contributed by atoms with van der Waals surface area (Å²) in [6.45, 7) is 3.18. The number of allylic oxidation sites excluding steroid dienone is 6. The Labute approximate surface area is 252 Å². The van der Waals surface area contributed by atoms with Crippen LogP contribution in [0.25, 0.3) is 66.4 Å². The minimum Gasteiger partial charge on any atom is -0.369 e. The Bertz CT molecular complexity index is 2160. The standard InChI is InChI=1S/C40H33N3/c1-27-14-19-32(20-15-27)43-39-26-29(28-9-4-3-5-10-28)16-22-34(39)35-23-17-30-25-31(18-21-33(30)40(35)43)36-11-8-12-37(41-36)38-13-6-7-24-42(38)2/h3-14,16-23,25-27H,15,24H2,1-2H3. The molecule has 0 amide bonds. The third-order valence-electron chi connectivity index (χ3n) is 8.89. The quantitative estimate of drug-likeness (QED) is 0.216. The molecule has 0 radical (unpaired) electrons. The van der Waals surface area contributed by atoms with Crippen LogP contribution in [0.5, 0.6) is 0 Å². The van der Waals surface area contributed by atoms with Crippen molar-refractivity contribution in [2.75, 3.05) is 13.6 Å². The zero-order valence-electron chi connectivity index (χ0n) is 24.5. The molecule has 1 aliphatic heterocycles. The van der Waals surface area contributed by atoms with Crippen molar-refractivity contribution in [3.8, 4) is 22.4 Å². The fraction of sp³-hybridized carbons (Fsp3) is 0.125. The maximum Gasteiger partial charge on any atom is 0.0870 e. The van der Waals surface area contributed by atoms with E-state index < -0.39 is 0 Å². The smallest absolute Gasteiger partial charge is 0.0870 e. The van der Waals surface area contributed by atoms with E-state index in [1.54, 1.807) is 0 Å². The molecule has 208 valence electrons. The van der Waals surface area contributed by atoms with Crippen molar-refractivity contribution >= 4 is 44.0 Å². The summed E-state index contributed by atoms with van der Waals surface area (Å²) < 4.78 is 2.49. The van der Waals surface area contributed by atoms with Crippen molar-refractivity contribution in [2.24, 2.45) is 5.92 Å². The Morgan fingerprint density at radius 2 is 1.56 bits per heavy atom. The van der Waals surface area contributed by atoms with Gasteiger partial charge in [-0.3, -0.25) is 0 Å². The fourth-order valence-electron chi connectivity index (χ4n) is 6.58. The number of fused-ring (bicyclic) bond motifs is 5. The van der Waals surface area contributed by atoms with E-state index in [0.29, 0.717) is 5.92 Å². The molecule has 6 aromatic rings. The van der Waals surface area contributed by atoms with Crippen molar-refractivity contribution in [1.82, 2.24) is 14.5 Å². The first-order valence-electron chi connectivity index (χ1n) is 15.1. The highest BCUT2D eigenvalue weighted by Crippen LogP contribution is 2.40. The Kier molecular flexibility index (Phi) is 6.11. The van der Waals surface area contributed by atoms with Gasteiger partial charge in [0.15, 0.2) is 0 Å². The fourth-order valence-corrected chi connectivity index (χ4v) is 6.58. The van der Waals surface area contributed by atoms with Crippen LogP contribution in [-0.4, -0.2) is 28.0 Å². The molecule has 1 aliphatic carbocycles. The summed E-state index contributed by atoms with van der Waals surface area (Å²) in [5.41, 5.74) is 10.5. The lowest BCUT2D eigenvalue weighted by Crippen LogP contribution is -2.19. The van der Waals surface area contributed by atoms with E-state index in [1.165, 1.54) is 49.4 Å². The minimum absolute atomic E-state index is 0.555. The maximum atomic E-state index is 5.09. The number of pyridine rings is 1. The first kappa shape index (κ1) is 25.6. The van der Waals surface area contributed by atoms with Crippen LogP contribution in [0.3, 0.4) is 0 Å². The number of aromatic nitrogens is 2. The largest absolute Gasteiger partial charge is 0.369 e. The monoisotopic (exact) mass is 555 g/mol. The van der Waals surface area contributed by atoms with Gasteiger partial charge in [0.1, 0.15) is 0 Å². The Morgan fingerprint density at radius 3 is 2.40 bits per heavy atom.